The molecule has 0 saturated heterocycles. The van der Waals surface area contributed by atoms with Crippen LogP contribution < -0.4 is 14.8 Å². The Morgan fingerprint density at radius 2 is 1.65 bits per heavy atom. The Balaban J connectivity index is 1.45. The number of hydrogen-bond acceptors (Lipinski definition) is 4. The summed E-state index contributed by atoms with van der Waals surface area (Å²) in [5.41, 5.74) is 2.90. The summed E-state index contributed by atoms with van der Waals surface area (Å²) in [6.45, 7) is 2.40. The maximum absolute atomic E-state index is 11.9. The maximum atomic E-state index is 11.9. The zero-order valence-corrected chi connectivity index (χ0v) is 14.5. The number of nitrogens with zero attached hydrogens (tertiary/aromatic N) is 1. The highest BCUT2D eigenvalue weighted by Crippen LogP contribution is 2.18. The highest BCUT2D eigenvalue weighted by atomic mass is 16.5. The van der Waals surface area contributed by atoms with Crippen LogP contribution in [0.2, 0.25) is 0 Å². The first-order valence-corrected chi connectivity index (χ1v) is 8.30. The third kappa shape index (κ3) is 5.34. The van der Waals surface area contributed by atoms with Crippen LogP contribution in [-0.4, -0.2) is 17.5 Å². The van der Waals surface area contributed by atoms with Gasteiger partial charge in [0.1, 0.15) is 18.1 Å². The molecular weight excluding hydrogens is 328 g/mol. The number of aryl methyl sites for hydroxylation is 1. The molecule has 1 amide bonds. The molecule has 1 aromatic heterocycles. The second-order valence-corrected chi connectivity index (χ2v) is 5.82. The fraction of sp³-hybridized carbons (Fsp3) is 0.143. The molecule has 1 N–H and O–H groups in total. The second-order valence-electron chi connectivity index (χ2n) is 5.82. The van der Waals surface area contributed by atoms with Gasteiger partial charge in [-0.1, -0.05) is 23.8 Å². The number of aromatic nitrogens is 1. The largest absolute Gasteiger partial charge is 0.489 e. The molecule has 0 atom stereocenters. The van der Waals surface area contributed by atoms with Gasteiger partial charge in [0.2, 0.25) is 0 Å². The summed E-state index contributed by atoms with van der Waals surface area (Å²) in [5, 5.41) is 2.79. The number of anilines is 1. The lowest BCUT2D eigenvalue weighted by Crippen LogP contribution is -2.20. The molecule has 0 saturated carbocycles. The number of benzene rings is 2. The zero-order chi connectivity index (χ0) is 18.2. The van der Waals surface area contributed by atoms with Crippen LogP contribution in [0.4, 0.5) is 5.69 Å². The monoisotopic (exact) mass is 348 g/mol. The van der Waals surface area contributed by atoms with Crippen molar-refractivity contribution in [1.82, 2.24) is 4.98 Å². The molecule has 1 heterocycles. The van der Waals surface area contributed by atoms with Gasteiger partial charge in [0.05, 0.1) is 0 Å². The Kier molecular flexibility index (Phi) is 5.83. The smallest absolute Gasteiger partial charge is 0.262 e. The van der Waals surface area contributed by atoms with Gasteiger partial charge in [-0.2, -0.15) is 0 Å². The number of ether oxygens (including phenoxy) is 2. The topological polar surface area (TPSA) is 60.5 Å². The highest BCUT2D eigenvalue weighted by Gasteiger charge is 2.04. The first-order valence-electron chi connectivity index (χ1n) is 8.30. The maximum Gasteiger partial charge on any atom is 0.262 e. The van der Waals surface area contributed by atoms with E-state index < -0.39 is 0 Å². The van der Waals surface area contributed by atoms with Crippen LogP contribution in [0.1, 0.15) is 11.1 Å². The number of amides is 1. The molecule has 26 heavy (non-hydrogen) atoms. The molecule has 0 spiro atoms. The van der Waals surface area contributed by atoms with Gasteiger partial charge in [0.15, 0.2) is 6.61 Å². The van der Waals surface area contributed by atoms with E-state index in [0.29, 0.717) is 12.4 Å². The van der Waals surface area contributed by atoms with Gasteiger partial charge < -0.3 is 14.8 Å². The highest BCUT2D eigenvalue weighted by molar-refractivity contribution is 5.91. The molecule has 0 unspecified atom stereocenters. The van der Waals surface area contributed by atoms with Gasteiger partial charge >= 0.3 is 0 Å². The Morgan fingerprint density at radius 3 is 2.31 bits per heavy atom. The van der Waals surface area contributed by atoms with Crippen molar-refractivity contribution in [3.05, 3.63) is 84.2 Å². The molecular formula is C21H20N2O3. The predicted octanol–water partition coefficient (Wildman–Crippen LogP) is 3.99. The minimum atomic E-state index is -0.203. The van der Waals surface area contributed by atoms with Gasteiger partial charge in [-0.25, -0.2) is 0 Å². The number of pyridine rings is 1. The van der Waals surface area contributed by atoms with Gasteiger partial charge in [0.25, 0.3) is 5.91 Å². The van der Waals surface area contributed by atoms with E-state index in [1.807, 2.05) is 55.5 Å². The van der Waals surface area contributed by atoms with E-state index in [1.165, 1.54) is 0 Å². The van der Waals surface area contributed by atoms with Crippen LogP contribution >= 0.6 is 0 Å². The van der Waals surface area contributed by atoms with E-state index in [4.69, 9.17) is 9.47 Å². The standard InChI is InChI=1S/C21H20N2O3/c1-16-4-6-18(7-5-16)23-21(24)15-26-20-10-8-19(9-11-20)25-14-17-3-2-12-22-13-17/h2-13H,14-15H2,1H3,(H,23,24). The SMILES string of the molecule is Cc1ccc(NC(=O)COc2ccc(OCc3cccnc3)cc2)cc1. The quantitative estimate of drug-likeness (QED) is 0.701. The number of nitrogens with one attached hydrogen (secondary N) is 1. The van der Waals surface area contributed by atoms with Crippen molar-refractivity contribution in [3.8, 4) is 11.5 Å². The van der Waals surface area contributed by atoms with E-state index in [2.05, 4.69) is 10.3 Å². The van der Waals surface area contributed by atoms with Crippen molar-refractivity contribution in [2.45, 2.75) is 13.5 Å². The number of carbonyl (C=O) groups is 1. The molecule has 0 fully saturated rings. The van der Waals surface area contributed by atoms with Crippen LogP contribution in [0.25, 0.3) is 0 Å². The summed E-state index contributed by atoms with van der Waals surface area (Å²) in [4.78, 5) is 16.0. The van der Waals surface area contributed by atoms with Gasteiger partial charge in [-0.05, 0) is 49.4 Å². The Labute approximate surface area is 152 Å². The zero-order valence-electron chi connectivity index (χ0n) is 14.5. The van der Waals surface area contributed by atoms with Gasteiger partial charge in [-0.15, -0.1) is 0 Å². The Morgan fingerprint density at radius 1 is 0.962 bits per heavy atom. The molecule has 0 bridgehead atoms. The second kappa shape index (κ2) is 8.67. The molecule has 0 aliphatic rings. The van der Waals surface area contributed by atoms with Crippen molar-refractivity contribution in [1.29, 1.82) is 0 Å². The normalized spacial score (nSPS) is 10.2. The van der Waals surface area contributed by atoms with E-state index in [1.54, 1.807) is 24.5 Å². The van der Waals surface area contributed by atoms with Crippen LogP contribution in [0, 0.1) is 6.92 Å². The van der Waals surface area contributed by atoms with Crippen molar-refractivity contribution in [2.75, 3.05) is 11.9 Å². The summed E-state index contributed by atoms with van der Waals surface area (Å²) in [6, 6.07) is 18.6. The molecule has 3 rings (SSSR count). The van der Waals surface area contributed by atoms with Crippen molar-refractivity contribution in [3.63, 3.8) is 0 Å². The summed E-state index contributed by atoms with van der Waals surface area (Å²) < 4.78 is 11.2. The molecule has 5 heteroatoms. The number of carbonyl (C=O) groups excluding carboxylic acids is 1. The molecule has 3 aromatic rings. The third-order valence-electron chi connectivity index (χ3n) is 3.66. The fourth-order valence-corrected chi connectivity index (χ4v) is 2.27. The minimum absolute atomic E-state index is 0.0518. The summed E-state index contributed by atoms with van der Waals surface area (Å²) >= 11 is 0. The van der Waals surface area contributed by atoms with E-state index in [-0.39, 0.29) is 12.5 Å². The first-order chi connectivity index (χ1) is 12.7. The predicted molar refractivity (Wildman–Crippen MR) is 100 cm³/mol. The number of hydrogen-bond donors (Lipinski definition) is 1. The Bertz CT molecular complexity index is 831. The fourth-order valence-electron chi connectivity index (χ4n) is 2.27. The van der Waals surface area contributed by atoms with Gasteiger partial charge in [0, 0.05) is 23.6 Å². The molecule has 0 aliphatic heterocycles. The third-order valence-corrected chi connectivity index (χ3v) is 3.66. The van der Waals surface area contributed by atoms with Gasteiger partial charge in [-0.3, -0.25) is 9.78 Å². The number of rotatable bonds is 7. The van der Waals surface area contributed by atoms with Crippen LogP contribution in [0.5, 0.6) is 11.5 Å². The lowest BCUT2D eigenvalue weighted by atomic mass is 10.2. The molecule has 0 radical (unpaired) electrons. The van der Waals surface area contributed by atoms with E-state index in [9.17, 15) is 4.79 Å². The first kappa shape index (κ1) is 17.5. The summed E-state index contributed by atoms with van der Waals surface area (Å²) in [7, 11) is 0. The summed E-state index contributed by atoms with van der Waals surface area (Å²) in [5.74, 6) is 1.13. The average Bonchev–Trinajstić information content (AvgIpc) is 2.68. The average molecular weight is 348 g/mol. The van der Waals surface area contributed by atoms with Crippen LogP contribution in [-0.2, 0) is 11.4 Å². The van der Waals surface area contributed by atoms with Crippen LogP contribution in [0.3, 0.4) is 0 Å². The minimum Gasteiger partial charge on any atom is -0.489 e. The van der Waals surface area contributed by atoms with Crippen molar-refractivity contribution >= 4 is 11.6 Å². The van der Waals surface area contributed by atoms with Crippen molar-refractivity contribution in [2.24, 2.45) is 0 Å². The van der Waals surface area contributed by atoms with Crippen LogP contribution in [0.15, 0.2) is 73.1 Å². The Hall–Kier alpha value is -3.34. The molecule has 132 valence electrons. The summed E-state index contributed by atoms with van der Waals surface area (Å²) in [6.07, 6.45) is 3.49. The van der Waals surface area contributed by atoms with E-state index >= 15 is 0 Å². The molecule has 2 aromatic carbocycles. The van der Waals surface area contributed by atoms with E-state index in [0.717, 1.165) is 22.6 Å². The molecule has 5 nitrogen and oxygen atoms in total. The van der Waals surface area contributed by atoms with Crippen molar-refractivity contribution < 1.29 is 14.3 Å². The molecule has 0 aliphatic carbocycles. The lowest BCUT2D eigenvalue weighted by molar-refractivity contribution is -0.118. The lowest BCUT2D eigenvalue weighted by Gasteiger charge is -2.09.